The molecule has 1 aromatic rings. The summed E-state index contributed by atoms with van der Waals surface area (Å²) >= 11 is 1.32. The first-order valence-corrected chi connectivity index (χ1v) is 9.13. The van der Waals surface area contributed by atoms with Crippen LogP contribution in [-0.2, 0) is 20.8 Å². The Morgan fingerprint density at radius 3 is 2.88 bits per heavy atom. The summed E-state index contributed by atoms with van der Waals surface area (Å²) in [5.74, 6) is -0.0884. The lowest BCUT2D eigenvalue weighted by Crippen LogP contribution is -2.31. The van der Waals surface area contributed by atoms with E-state index in [0.29, 0.717) is 30.3 Å². The van der Waals surface area contributed by atoms with Crippen molar-refractivity contribution in [1.29, 1.82) is 0 Å². The van der Waals surface area contributed by atoms with Gasteiger partial charge in [0.1, 0.15) is 0 Å². The van der Waals surface area contributed by atoms with Gasteiger partial charge in [-0.25, -0.2) is 4.98 Å². The van der Waals surface area contributed by atoms with E-state index in [4.69, 9.17) is 0 Å². The minimum atomic E-state index is -0.108. The topological polar surface area (TPSA) is 91.4 Å². The van der Waals surface area contributed by atoms with Crippen LogP contribution in [0.15, 0.2) is 5.38 Å². The van der Waals surface area contributed by atoms with Crippen molar-refractivity contribution in [3.8, 4) is 0 Å². The van der Waals surface area contributed by atoms with E-state index in [1.807, 2.05) is 18.7 Å². The highest BCUT2D eigenvalue weighted by Gasteiger charge is 2.19. The van der Waals surface area contributed by atoms with E-state index in [0.717, 1.165) is 19.4 Å². The first-order chi connectivity index (χ1) is 11.5. The SMILES string of the molecule is CC(C)C(=O)Nc1nc(CC(=O)NCCCN2CCCC2=O)cs1. The van der Waals surface area contributed by atoms with Crippen LogP contribution in [0.4, 0.5) is 5.13 Å². The van der Waals surface area contributed by atoms with Crippen molar-refractivity contribution in [2.75, 3.05) is 25.0 Å². The average molecular weight is 352 g/mol. The molecule has 0 saturated carbocycles. The van der Waals surface area contributed by atoms with E-state index in [2.05, 4.69) is 15.6 Å². The minimum absolute atomic E-state index is 0.0863. The summed E-state index contributed by atoms with van der Waals surface area (Å²) in [5.41, 5.74) is 0.645. The molecule has 0 bridgehead atoms. The second kappa shape index (κ2) is 8.77. The highest BCUT2D eigenvalue weighted by atomic mass is 32.1. The van der Waals surface area contributed by atoms with Crippen LogP contribution in [0.25, 0.3) is 0 Å². The zero-order valence-corrected chi connectivity index (χ0v) is 14.9. The third-order valence-corrected chi connectivity index (χ3v) is 4.55. The second-order valence-corrected chi connectivity index (χ2v) is 7.01. The van der Waals surface area contributed by atoms with Gasteiger partial charge in [0.05, 0.1) is 12.1 Å². The summed E-state index contributed by atoms with van der Waals surface area (Å²) in [4.78, 5) is 41.1. The normalized spacial score (nSPS) is 14.3. The number of amides is 3. The molecule has 1 fully saturated rings. The van der Waals surface area contributed by atoms with Crippen LogP contribution in [0.2, 0.25) is 0 Å². The Kier molecular flexibility index (Phi) is 6.72. The summed E-state index contributed by atoms with van der Waals surface area (Å²) in [6.45, 7) is 5.70. The van der Waals surface area contributed by atoms with Gasteiger partial charge in [0.2, 0.25) is 17.7 Å². The monoisotopic (exact) mass is 352 g/mol. The summed E-state index contributed by atoms with van der Waals surface area (Å²) in [5, 5.41) is 7.85. The summed E-state index contributed by atoms with van der Waals surface area (Å²) in [6, 6.07) is 0. The van der Waals surface area contributed by atoms with Gasteiger partial charge in [-0.2, -0.15) is 0 Å². The van der Waals surface area contributed by atoms with Crippen molar-refractivity contribution in [2.24, 2.45) is 5.92 Å². The molecule has 3 amide bonds. The van der Waals surface area contributed by atoms with Crippen molar-refractivity contribution in [3.05, 3.63) is 11.1 Å². The largest absolute Gasteiger partial charge is 0.356 e. The Bertz CT molecular complexity index is 600. The molecule has 1 aromatic heterocycles. The molecule has 2 rings (SSSR count). The zero-order chi connectivity index (χ0) is 17.5. The highest BCUT2D eigenvalue weighted by molar-refractivity contribution is 7.13. The quantitative estimate of drug-likeness (QED) is 0.692. The Hall–Kier alpha value is -1.96. The zero-order valence-electron chi connectivity index (χ0n) is 14.1. The molecule has 24 heavy (non-hydrogen) atoms. The maximum absolute atomic E-state index is 11.9. The van der Waals surface area contributed by atoms with E-state index < -0.39 is 0 Å². The number of thiazole rings is 1. The standard InChI is InChI=1S/C16H24N4O3S/c1-11(2)15(23)19-16-18-12(10-24-16)9-13(21)17-6-4-8-20-7-3-5-14(20)22/h10-11H,3-9H2,1-2H3,(H,17,21)(H,18,19,23). The molecule has 7 nitrogen and oxygen atoms in total. The van der Waals surface area contributed by atoms with Gasteiger partial charge in [-0.15, -0.1) is 11.3 Å². The van der Waals surface area contributed by atoms with Crippen LogP contribution >= 0.6 is 11.3 Å². The molecule has 1 saturated heterocycles. The third kappa shape index (κ3) is 5.59. The Labute approximate surface area is 145 Å². The van der Waals surface area contributed by atoms with Crippen LogP contribution in [0, 0.1) is 5.92 Å². The van der Waals surface area contributed by atoms with Gasteiger partial charge in [0.15, 0.2) is 5.13 Å². The number of hydrogen-bond acceptors (Lipinski definition) is 5. The molecule has 2 heterocycles. The number of aromatic nitrogens is 1. The van der Waals surface area contributed by atoms with Crippen LogP contribution < -0.4 is 10.6 Å². The number of nitrogens with zero attached hydrogens (tertiary/aromatic N) is 2. The van der Waals surface area contributed by atoms with Gasteiger partial charge < -0.3 is 15.5 Å². The Morgan fingerprint density at radius 1 is 1.42 bits per heavy atom. The summed E-state index contributed by atoms with van der Waals surface area (Å²) < 4.78 is 0. The van der Waals surface area contributed by atoms with Crippen LogP contribution in [0.1, 0.15) is 38.8 Å². The first kappa shape index (κ1) is 18.4. The van der Waals surface area contributed by atoms with E-state index in [1.54, 1.807) is 5.38 Å². The van der Waals surface area contributed by atoms with Gasteiger partial charge in [0.25, 0.3) is 0 Å². The fourth-order valence-electron chi connectivity index (χ4n) is 2.36. The number of nitrogens with one attached hydrogen (secondary N) is 2. The Morgan fingerprint density at radius 2 is 2.21 bits per heavy atom. The predicted molar refractivity (Wildman–Crippen MR) is 92.7 cm³/mol. The molecule has 0 unspecified atom stereocenters. The van der Waals surface area contributed by atoms with E-state index in [9.17, 15) is 14.4 Å². The van der Waals surface area contributed by atoms with E-state index in [1.165, 1.54) is 11.3 Å². The minimum Gasteiger partial charge on any atom is -0.356 e. The molecule has 2 N–H and O–H groups in total. The summed E-state index contributed by atoms with van der Waals surface area (Å²) in [7, 11) is 0. The van der Waals surface area contributed by atoms with Gasteiger partial charge >= 0.3 is 0 Å². The lowest BCUT2D eigenvalue weighted by molar-refractivity contribution is -0.127. The van der Waals surface area contributed by atoms with Crippen molar-refractivity contribution < 1.29 is 14.4 Å². The van der Waals surface area contributed by atoms with E-state index >= 15 is 0 Å². The van der Waals surface area contributed by atoms with Gasteiger partial charge in [-0.1, -0.05) is 13.8 Å². The van der Waals surface area contributed by atoms with Crippen molar-refractivity contribution >= 4 is 34.2 Å². The van der Waals surface area contributed by atoms with Crippen LogP contribution in [0.3, 0.4) is 0 Å². The molecule has 0 radical (unpaired) electrons. The molecule has 0 aliphatic carbocycles. The van der Waals surface area contributed by atoms with Gasteiger partial charge in [0, 0.05) is 37.4 Å². The molecule has 132 valence electrons. The first-order valence-electron chi connectivity index (χ1n) is 8.25. The van der Waals surface area contributed by atoms with Crippen molar-refractivity contribution in [3.63, 3.8) is 0 Å². The number of carbonyl (C=O) groups is 3. The van der Waals surface area contributed by atoms with Crippen LogP contribution in [0.5, 0.6) is 0 Å². The van der Waals surface area contributed by atoms with Gasteiger partial charge in [-0.3, -0.25) is 14.4 Å². The number of rotatable bonds is 8. The predicted octanol–water partition coefficient (Wildman–Crippen LogP) is 1.41. The lowest BCUT2D eigenvalue weighted by Gasteiger charge is -2.15. The Balaban J connectivity index is 1.66. The number of carbonyl (C=O) groups excluding carboxylic acids is 3. The molecule has 0 spiro atoms. The number of anilines is 1. The highest BCUT2D eigenvalue weighted by Crippen LogP contribution is 2.16. The van der Waals surface area contributed by atoms with Crippen molar-refractivity contribution in [2.45, 2.75) is 39.5 Å². The second-order valence-electron chi connectivity index (χ2n) is 6.15. The smallest absolute Gasteiger partial charge is 0.228 e. The van der Waals surface area contributed by atoms with Crippen LogP contribution in [-0.4, -0.2) is 47.2 Å². The molecule has 0 aromatic carbocycles. The lowest BCUT2D eigenvalue weighted by atomic mass is 10.2. The maximum atomic E-state index is 11.9. The fraction of sp³-hybridized carbons (Fsp3) is 0.625. The number of hydrogen-bond donors (Lipinski definition) is 2. The summed E-state index contributed by atoms with van der Waals surface area (Å²) in [6.07, 6.45) is 2.53. The third-order valence-electron chi connectivity index (χ3n) is 3.75. The molecular weight excluding hydrogens is 328 g/mol. The van der Waals surface area contributed by atoms with Gasteiger partial charge in [-0.05, 0) is 12.8 Å². The maximum Gasteiger partial charge on any atom is 0.228 e. The molecule has 0 atom stereocenters. The average Bonchev–Trinajstić information content (AvgIpc) is 3.13. The van der Waals surface area contributed by atoms with E-state index in [-0.39, 0.29) is 30.1 Å². The fourth-order valence-corrected chi connectivity index (χ4v) is 3.07. The molecule has 1 aliphatic rings. The molecule has 1 aliphatic heterocycles. The molecule has 8 heteroatoms. The molecular formula is C16H24N4O3S. The van der Waals surface area contributed by atoms with Crippen molar-refractivity contribution in [1.82, 2.24) is 15.2 Å². The number of likely N-dealkylation sites (tertiary alicyclic amines) is 1.